The molecule has 154 valence electrons. The van der Waals surface area contributed by atoms with Gasteiger partial charge < -0.3 is 4.98 Å². The second-order valence-corrected chi connectivity index (χ2v) is 8.57. The van der Waals surface area contributed by atoms with Crippen LogP contribution in [0.4, 0.5) is 4.39 Å². The summed E-state index contributed by atoms with van der Waals surface area (Å²) in [7, 11) is 0. The van der Waals surface area contributed by atoms with E-state index in [0.29, 0.717) is 10.8 Å². The molecule has 7 heteroatoms. The predicted molar refractivity (Wildman–Crippen MR) is 124 cm³/mol. The molecule has 5 aromatic rings. The lowest BCUT2D eigenvalue weighted by Gasteiger charge is -2.13. The molecule has 0 aliphatic carbocycles. The average molecular weight is 449 g/mol. The number of H-pyrrole nitrogens is 1. The second-order valence-electron chi connectivity index (χ2n) is 7.19. The lowest BCUT2D eigenvalue weighted by molar-refractivity contribution is 0.627. The van der Waals surface area contributed by atoms with Gasteiger partial charge in [-0.3, -0.25) is 4.57 Å². The number of hydrogen-bond donors (Lipinski definition) is 1. The van der Waals surface area contributed by atoms with Crippen molar-refractivity contribution in [2.24, 2.45) is 0 Å². The fourth-order valence-electron chi connectivity index (χ4n) is 3.59. The summed E-state index contributed by atoms with van der Waals surface area (Å²) in [5.74, 6) is 1.27. The number of thioether (sulfide) groups is 1. The Balaban J connectivity index is 1.54. The van der Waals surface area contributed by atoms with Gasteiger partial charge in [0.2, 0.25) is 0 Å². The summed E-state index contributed by atoms with van der Waals surface area (Å²) in [6.07, 6.45) is 1.83. The van der Waals surface area contributed by atoms with Crippen molar-refractivity contribution in [2.75, 3.05) is 0 Å². The summed E-state index contributed by atoms with van der Waals surface area (Å²) in [5.41, 5.74) is 5.58. The van der Waals surface area contributed by atoms with Gasteiger partial charge in [-0.1, -0.05) is 35.5 Å². The number of aromatic amines is 1. The molecule has 0 fully saturated rings. The third-order valence-corrected chi connectivity index (χ3v) is 6.27. The number of aromatic nitrogens is 4. The van der Waals surface area contributed by atoms with Crippen LogP contribution in [0.3, 0.4) is 0 Å². The third-order valence-electron chi connectivity index (χ3n) is 5.06. The van der Waals surface area contributed by atoms with Crippen LogP contribution in [0, 0.1) is 12.7 Å². The maximum absolute atomic E-state index is 13.7. The zero-order valence-corrected chi connectivity index (χ0v) is 18.2. The number of rotatable bonds is 5. The number of aryl methyl sites for hydroxylation is 1. The van der Waals surface area contributed by atoms with Crippen molar-refractivity contribution in [3.05, 3.63) is 95.2 Å². The number of para-hydroxylation sites is 2. The van der Waals surface area contributed by atoms with Crippen LogP contribution in [0.1, 0.15) is 11.4 Å². The second kappa shape index (κ2) is 8.21. The summed E-state index contributed by atoms with van der Waals surface area (Å²) < 4.78 is 15.8. The Morgan fingerprint density at radius 3 is 2.65 bits per heavy atom. The molecule has 0 radical (unpaired) electrons. The lowest BCUT2D eigenvalue weighted by Crippen LogP contribution is -2.00. The number of fused-ring (bicyclic) bond motifs is 1. The minimum atomic E-state index is -0.252. The van der Waals surface area contributed by atoms with Gasteiger partial charge >= 0.3 is 0 Å². The molecule has 0 aliphatic heterocycles. The van der Waals surface area contributed by atoms with E-state index < -0.39 is 0 Å². The molecule has 5 rings (SSSR count). The minimum Gasteiger partial charge on any atom is -0.341 e. The van der Waals surface area contributed by atoms with Gasteiger partial charge in [0.15, 0.2) is 5.16 Å². The maximum atomic E-state index is 13.7. The molecule has 0 atom stereocenters. The van der Waals surface area contributed by atoms with Crippen molar-refractivity contribution < 1.29 is 4.39 Å². The lowest BCUT2D eigenvalue weighted by atomic mass is 10.1. The van der Waals surface area contributed by atoms with Crippen LogP contribution in [0.25, 0.3) is 28.0 Å². The smallest absolute Gasteiger partial charge is 0.173 e. The molecule has 0 bridgehead atoms. The highest BCUT2D eigenvalue weighted by molar-refractivity contribution is 7.98. The first-order valence-corrected chi connectivity index (χ1v) is 11.1. The number of imidazole rings is 2. The molecule has 4 nitrogen and oxygen atoms in total. The Morgan fingerprint density at radius 1 is 1.06 bits per heavy atom. The van der Waals surface area contributed by atoms with Crippen molar-refractivity contribution in [3.63, 3.8) is 0 Å². The molecule has 0 aliphatic rings. The quantitative estimate of drug-likeness (QED) is 0.300. The van der Waals surface area contributed by atoms with Crippen LogP contribution >= 0.6 is 23.4 Å². The van der Waals surface area contributed by atoms with E-state index in [1.807, 2.05) is 61.7 Å². The Labute approximate surface area is 188 Å². The molecule has 0 spiro atoms. The number of halogens is 2. The molecule has 3 aromatic carbocycles. The largest absolute Gasteiger partial charge is 0.341 e. The van der Waals surface area contributed by atoms with Gasteiger partial charge in [-0.15, -0.1) is 0 Å². The van der Waals surface area contributed by atoms with Crippen molar-refractivity contribution >= 4 is 34.4 Å². The molecule has 0 saturated heterocycles. The summed E-state index contributed by atoms with van der Waals surface area (Å²) in [5, 5.41) is 1.49. The Bertz CT molecular complexity index is 1340. The van der Waals surface area contributed by atoms with Crippen molar-refractivity contribution in [1.82, 2.24) is 19.5 Å². The standard InChI is InChI=1S/C24H18ClFN4S/c1-15-12-17(26)8-11-19(15)22-13-27-24(30(22)18-9-6-16(25)7-10-18)31-14-23-28-20-4-2-3-5-21(20)29-23/h2-13H,14H2,1H3,(H,28,29). The summed E-state index contributed by atoms with van der Waals surface area (Å²) in [4.78, 5) is 12.7. The number of benzene rings is 3. The van der Waals surface area contributed by atoms with E-state index in [9.17, 15) is 4.39 Å². The molecule has 0 amide bonds. The summed E-state index contributed by atoms with van der Waals surface area (Å²) >= 11 is 7.70. The zero-order chi connectivity index (χ0) is 21.4. The van der Waals surface area contributed by atoms with Crippen LogP contribution in [0.15, 0.2) is 78.1 Å². The van der Waals surface area contributed by atoms with E-state index >= 15 is 0 Å². The molecular weight excluding hydrogens is 431 g/mol. The Kier molecular flexibility index (Phi) is 5.26. The Hall–Kier alpha value is -3.09. The van der Waals surface area contributed by atoms with Crippen LogP contribution in [0.2, 0.25) is 5.02 Å². The third kappa shape index (κ3) is 3.96. The minimum absolute atomic E-state index is 0.252. The highest BCUT2D eigenvalue weighted by atomic mass is 35.5. The van der Waals surface area contributed by atoms with Crippen molar-refractivity contribution in [1.29, 1.82) is 0 Å². The van der Waals surface area contributed by atoms with Gasteiger partial charge in [-0.2, -0.15) is 0 Å². The van der Waals surface area contributed by atoms with E-state index in [0.717, 1.165) is 44.5 Å². The van der Waals surface area contributed by atoms with Gasteiger partial charge in [0.1, 0.15) is 11.6 Å². The summed E-state index contributed by atoms with van der Waals surface area (Å²) in [6.45, 7) is 1.90. The molecule has 0 unspecified atom stereocenters. The summed E-state index contributed by atoms with van der Waals surface area (Å²) in [6, 6.07) is 20.4. The first kappa shape index (κ1) is 19.8. The molecule has 2 aromatic heterocycles. The molecular formula is C24H18ClFN4S. The number of nitrogens with one attached hydrogen (secondary N) is 1. The normalized spacial score (nSPS) is 11.3. The SMILES string of the molecule is Cc1cc(F)ccc1-c1cnc(SCc2nc3ccccc3[nH]2)n1-c1ccc(Cl)cc1. The van der Waals surface area contributed by atoms with Gasteiger partial charge in [0, 0.05) is 16.3 Å². The predicted octanol–water partition coefficient (Wildman–Crippen LogP) is 6.81. The number of hydrogen-bond acceptors (Lipinski definition) is 3. The van der Waals surface area contributed by atoms with E-state index in [-0.39, 0.29) is 5.82 Å². The van der Waals surface area contributed by atoms with E-state index in [1.54, 1.807) is 17.8 Å². The van der Waals surface area contributed by atoms with Crippen molar-refractivity contribution in [2.45, 2.75) is 17.8 Å². The van der Waals surface area contributed by atoms with E-state index in [2.05, 4.69) is 19.5 Å². The van der Waals surface area contributed by atoms with Gasteiger partial charge in [-0.05, 0) is 67.1 Å². The molecule has 0 saturated carbocycles. The van der Waals surface area contributed by atoms with Gasteiger partial charge in [0.25, 0.3) is 0 Å². The number of nitrogens with zero attached hydrogens (tertiary/aromatic N) is 3. The Morgan fingerprint density at radius 2 is 1.87 bits per heavy atom. The maximum Gasteiger partial charge on any atom is 0.173 e. The van der Waals surface area contributed by atoms with Gasteiger partial charge in [-0.25, -0.2) is 14.4 Å². The van der Waals surface area contributed by atoms with Crippen LogP contribution in [0.5, 0.6) is 0 Å². The highest BCUT2D eigenvalue weighted by Gasteiger charge is 2.17. The van der Waals surface area contributed by atoms with Crippen molar-refractivity contribution in [3.8, 4) is 16.9 Å². The average Bonchev–Trinajstić information content (AvgIpc) is 3.36. The van der Waals surface area contributed by atoms with Gasteiger partial charge in [0.05, 0.1) is 28.7 Å². The first-order chi connectivity index (χ1) is 15.1. The fourth-order valence-corrected chi connectivity index (χ4v) is 4.58. The molecule has 2 heterocycles. The molecule has 1 N–H and O–H groups in total. The van der Waals surface area contributed by atoms with Crippen LogP contribution in [-0.2, 0) is 5.75 Å². The fraction of sp³-hybridized carbons (Fsp3) is 0.0833. The zero-order valence-electron chi connectivity index (χ0n) is 16.6. The van der Waals surface area contributed by atoms with Crippen LogP contribution in [-0.4, -0.2) is 19.5 Å². The first-order valence-electron chi connectivity index (χ1n) is 9.75. The monoisotopic (exact) mass is 448 g/mol. The topological polar surface area (TPSA) is 46.5 Å². The van der Waals surface area contributed by atoms with Crippen LogP contribution < -0.4 is 0 Å². The molecule has 31 heavy (non-hydrogen) atoms. The van der Waals surface area contributed by atoms with E-state index in [4.69, 9.17) is 11.6 Å². The highest BCUT2D eigenvalue weighted by Crippen LogP contribution is 2.33. The van der Waals surface area contributed by atoms with E-state index in [1.165, 1.54) is 12.1 Å².